The number of benzene rings is 1. The van der Waals surface area contributed by atoms with Gasteiger partial charge in [-0.15, -0.1) is 0 Å². The zero-order valence-corrected chi connectivity index (χ0v) is 11.9. The lowest BCUT2D eigenvalue weighted by atomic mass is 10.1. The third kappa shape index (κ3) is 3.49. The summed E-state index contributed by atoms with van der Waals surface area (Å²) in [6, 6.07) is 4.70. The maximum atomic E-state index is 5.74. The molecule has 2 nitrogen and oxygen atoms in total. The van der Waals surface area contributed by atoms with Crippen LogP contribution in [0.25, 0.3) is 0 Å². The maximum Gasteiger partial charge on any atom is 0.0383 e. The molecule has 0 spiro atoms. The Balaban J connectivity index is 2.80. The zero-order valence-electron chi connectivity index (χ0n) is 10.3. The lowest BCUT2D eigenvalue weighted by Gasteiger charge is -2.18. The molecule has 0 aliphatic rings. The second kappa shape index (κ2) is 6.26. The summed E-state index contributed by atoms with van der Waals surface area (Å²) in [6.45, 7) is 7.09. The van der Waals surface area contributed by atoms with Crippen molar-refractivity contribution in [1.82, 2.24) is 0 Å². The van der Waals surface area contributed by atoms with Gasteiger partial charge in [-0.2, -0.15) is 0 Å². The largest absolute Gasteiger partial charge is 0.381 e. The van der Waals surface area contributed by atoms with Crippen LogP contribution < -0.4 is 11.1 Å². The van der Waals surface area contributed by atoms with Gasteiger partial charge in [0.2, 0.25) is 0 Å². The number of anilines is 1. The highest BCUT2D eigenvalue weighted by Crippen LogP contribution is 2.25. The fourth-order valence-corrected chi connectivity index (χ4v) is 2.09. The fraction of sp³-hybridized carbons (Fsp3) is 0.538. The molecular weight excluding hydrogens is 264 g/mol. The first-order valence-electron chi connectivity index (χ1n) is 5.81. The van der Waals surface area contributed by atoms with Crippen molar-refractivity contribution in [2.24, 2.45) is 5.73 Å². The van der Waals surface area contributed by atoms with Gasteiger partial charge >= 0.3 is 0 Å². The van der Waals surface area contributed by atoms with Gasteiger partial charge in [-0.3, -0.25) is 0 Å². The highest BCUT2D eigenvalue weighted by atomic mass is 79.9. The molecule has 90 valence electrons. The molecule has 0 fully saturated rings. The number of halogens is 1. The molecule has 16 heavy (non-hydrogen) atoms. The summed E-state index contributed by atoms with van der Waals surface area (Å²) in [5, 5.41) is 3.49. The Hall–Kier alpha value is -0.540. The average Bonchev–Trinajstić information content (AvgIpc) is 2.25. The Kier molecular flexibility index (Phi) is 5.29. The number of aryl methyl sites for hydroxylation is 2. The summed E-state index contributed by atoms with van der Waals surface area (Å²) in [5.74, 6) is 0. The van der Waals surface area contributed by atoms with Gasteiger partial charge in [-0.25, -0.2) is 0 Å². The monoisotopic (exact) mass is 284 g/mol. The molecule has 0 heterocycles. The summed E-state index contributed by atoms with van der Waals surface area (Å²) in [7, 11) is 0. The Labute approximate surface area is 107 Å². The first-order valence-corrected chi connectivity index (χ1v) is 6.61. The number of nitrogens with two attached hydrogens (primary N) is 1. The summed E-state index contributed by atoms with van der Waals surface area (Å²) >= 11 is 3.57. The Morgan fingerprint density at radius 1 is 1.31 bits per heavy atom. The lowest BCUT2D eigenvalue weighted by Crippen LogP contribution is -2.28. The highest BCUT2D eigenvalue weighted by Gasteiger charge is 2.07. The van der Waals surface area contributed by atoms with Crippen molar-refractivity contribution >= 4 is 21.6 Å². The molecule has 0 saturated carbocycles. The van der Waals surface area contributed by atoms with E-state index >= 15 is 0 Å². The van der Waals surface area contributed by atoms with Gasteiger partial charge in [0.15, 0.2) is 0 Å². The van der Waals surface area contributed by atoms with E-state index in [1.165, 1.54) is 21.3 Å². The van der Waals surface area contributed by atoms with Gasteiger partial charge in [0.1, 0.15) is 0 Å². The molecule has 1 rings (SSSR count). The van der Waals surface area contributed by atoms with Gasteiger partial charge in [0.05, 0.1) is 0 Å². The summed E-state index contributed by atoms with van der Waals surface area (Å²) in [6.07, 6.45) is 2.27. The van der Waals surface area contributed by atoms with E-state index in [9.17, 15) is 0 Å². The van der Waals surface area contributed by atoms with Crippen LogP contribution in [0.4, 0.5) is 5.69 Å². The first kappa shape index (κ1) is 13.5. The van der Waals surface area contributed by atoms with Crippen LogP contribution in [0.3, 0.4) is 0 Å². The van der Waals surface area contributed by atoms with Gasteiger partial charge in [0, 0.05) is 22.7 Å². The normalized spacial score (nSPS) is 12.6. The molecule has 0 aromatic heterocycles. The van der Waals surface area contributed by atoms with Crippen LogP contribution in [0.1, 0.15) is 30.9 Å². The molecule has 0 radical (unpaired) electrons. The molecule has 1 atom stereocenters. The zero-order chi connectivity index (χ0) is 12.1. The van der Waals surface area contributed by atoms with Crippen LogP contribution in [0, 0.1) is 13.8 Å². The summed E-state index contributed by atoms with van der Waals surface area (Å²) in [4.78, 5) is 0. The molecule has 3 N–H and O–H groups in total. The van der Waals surface area contributed by atoms with Gasteiger partial charge in [-0.1, -0.05) is 29.3 Å². The molecule has 3 heteroatoms. The Bertz CT molecular complexity index is 327. The predicted molar refractivity (Wildman–Crippen MR) is 75.0 cm³/mol. The van der Waals surface area contributed by atoms with E-state index in [4.69, 9.17) is 5.73 Å². The second-order valence-corrected chi connectivity index (χ2v) is 5.08. The van der Waals surface area contributed by atoms with E-state index in [0.29, 0.717) is 12.6 Å². The SMILES string of the molecule is CCCC(CN)Nc1cc(C)c(Br)c(C)c1. The van der Waals surface area contributed by atoms with Gasteiger partial charge in [-0.05, 0) is 43.5 Å². The Morgan fingerprint density at radius 3 is 2.31 bits per heavy atom. The van der Waals surface area contributed by atoms with E-state index in [1.807, 2.05) is 0 Å². The molecule has 0 aliphatic carbocycles. The average molecular weight is 285 g/mol. The lowest BCUT2D eigenvalue weighted by molar-refractivity contribution is 0.648. The van der Waals surface area contributed by atoms with Crippen molar-refractivity contribution in [3.8, 4) is 0 Å². The fourth-order valence-electron chi connectivity index (χ4n) is 1.86. The van der Waals surface area contributed by atoms with E-state index in [0.717, 1.165) is 12.8 Å². The van der Waals surface area contributed by atoms with Crippen molar-refractivity contribution in [3.63, 3.8) is 0 Å². The van der Waals surface area contributed by atoms with E-state index in [2.05, 4.69) is 54.2 Å². The maximum absolute atomic E-state index is 5.74. The van der Waals surface area contributed by atoms with Crippen LogP contribution >= 0.6 is 15.9 Å². The number of hydrogen-bond acceptors (Lipinski definition) is 2. The van der Waals surface area contributed by atoms with E-state index < -0.39 is 0 Å². The molecule has 0 aliphatic heterocycles. The quantitative estimate of drug-likeness (QED) is 0.867. The molecule has 0 amide bonds. The standard InChI is InChI=1S/C13H21BrN2/c1-4-5-11(8-15)16-12-6-9(2)13(14)10(3)7-12/h6-7,11,16H,4-5,8,15H2,1-3H3. The number of hydrogen-bond donors (Lipinski definition) is 2. The minimum Gasteiger partial charge on any atom is -0.381 e. The minimum absolute atomic E-state index is 0.380. The highest BCUT2D eigenvalue weighted by molar-refractivity contribution is 9.10. The van der Waals surface area contributed by atoms with Gasteiger partial charge < -0.3 is 11.1 Å². The van der Waals surface area contributed by atoms with Crippen LogP contribution in [0.2, 0.25) is 0 Å². The van der Waals surface area contributed by atoms with Crippen molar-refractivity contribution in [2.75, 3.05) is 11.9 Å². The number of nitrogens with one attached hydrogen (secondary N) is 1. The van der Waals surface area contributed by atoms with Crippen molar-refractivity contribution in [1.29, 1.82) is 0 Å². The molecule has 0 bridgehead atoms. The van der Waals surface area contributed by atoms with Gasteiger partial charge in [0.25, 0.3) is 0 Å². The van der Waals surface area contributed by atoms with Crippen LogP contribution in [0.15, 0.2) is 16.6 Å². The predicted octanol–water partition coefficient (Wildman–Crippen LogP) is 3.61. The van der Waals surface area contributed by atoms with Crippen LogP contribution in [0.5, 0.6) is 0 Å². The molecular formula is C13H21BrN2. The molecule has 1 unspecified atom stereocenters. The molecule has 0 saturated heterocycles. The van der Waals surface area contributed by atoms with Crippen molar-refractivity contribution in [2.45, 2.75) is 39.7 Å². The summed E-state index contributed by atoms with van der Waals surface area (Å²) < 4.78 is 1.19. The van der Waals surface area contributed by atoms with Crippen LogP contribution in [-0.2, 0) is 0 Å². The second-order valence-electron chi connectivity index (χ2n) is 4.29. The Morgan fingerprint density at radius 2 is 1.88 bits per heavy atom. The minimum atomic E-state index is 0.380. The first-order chi connectivity index (χ1) is 7.58. The smallest absolute Gasteiger partial charge is 0.0383 e. The third-order valence-corrected chi connectivity index (χ3v) is 3.98. The van der Waals surface area contributed by atoms with E-state index in [-0.39, 0.29) is 0 Å². The summed E-state index contributed by atoms with van der Waals surface area (Å²) in [5.41, 5.74) is 9.43. The van der Waals surface area contributed by atoms with Crippen molar-refractivity contribution in [3.05, 3.63) is 27.7 Å². The number of rotatable bonds is 5. The topological polar surface area (TPSA) is 38.0 Å². The third-order valence-electron chi connectivity index (χ3n) is 2.73. The van der Waals surface area contributed by atoms with Crippen molar-refractivity contribution < 1.29 is 0 Å². The molecule has 1 aromatic carbocycles. The van der Waals surface area contributed by atoms with E-state index in [1.54, 1.807) is 0 Å². The molecule has 1 aromatic rings. The van der Waals surface area contributed by atoms with Crippen LogP contribution in [-0.4, -0.2) is 12.6 Å².